The van der Waals surface area contributed by atoms with Gasteiger partial charge < -0.3 is 10.4 Å². The fourth-order valence-corrected chi connectivity index (χ4v) is 4.14. The van der Waals surface area contributed by atoms with Crippen molar-refractivity contribution in [2.45, 2.75) is 17.8 Å². The molecular formula is C15H12ClFN2O4S. The largest absolute Gasteiger partial charge is 0.477 e. The van der Waals surface area contributed by atoms with Crippen LogP contribution in [0.4, 0.5) is 4.39 Å². The summed E-state index contributed by atoms with van der Waals surface area (Å²) in [6, 6.07) is 4.69. The first-order valence-electron chi connectivity index (χ1n) is 6.99. The molecule has 0 unspecified atom stereocenters. The van der Waals surface area contributed by atoms with Crippen LogP contribution in [0.2, 0.25) is 0 Å². The summed E-state index contributed by atoms with van der Waals surface area (Å²) >= 11 is 7.17. The minimum absolute atomic E-state index is 0.00380. The standard InChI is InChI=1S/C15H12ClFN2O4S/c16-9-6-24-14-11(13(21)19(14)12(9)15(22)23)18-10(20)5-7-1-3-8(17)4-2-7/h1-4,11,14H,5-6H2,(H,18,20)(H,22,23)/t11-,14-/m1/s1. The van der Waals surface area contributed by atoms with Crippen molar-refractivity contribution in [2.24, 2.45) is 0 Å². The fourth-order valence-electron chi connectivity index (χ4n) is 2.59. The molecule has 1 aromatic carbocycles. The van der Waals surface area contributed by atoms with E-state index in [0.29, 0.717) is 5.56 Å². The molecular weight excluding hydrogens is 359 g/mol. The quantitative estimate of drug-likeness (QED) is 0.780. The van der Waals surface area contributed by atoms with Gasteiger partial charge in [0.1, 0.15) is 22.9 Å². The number of benzene rings is 1. The molecule has 2 atom stereocenters. The predicted octanol–water partition coefficient (Wildman–Crippen LogP) is 1.30. The number of hydrogen-bond acceptors (Lipinski definition) is 4. The Balaban J connectivity index is 1.66. The molecule has 24 heavy (non-hydrogen) atoms. The van der Waals surface area contributed by atoms with Gasteiger partial charge in [-0.1, -0.05) is 23.7 Å². The van der Waals surface area contributed by atoms with Gasteiger partial charge in [0.15, 0.2) is 0 Å². The second kappa shape index (κ2) is 6.45. The molecule has 0 saturated carbocycles. The fraction of sp³-hybridized carbons (Fsp3) is 0.267. The number of rotatable bonds is 4. The van der Waals surface area contributed by atoms with Crippen molar-refractivity contribution in [3.63, 3.8) is 0 Å². The van der Waals surface area contributed by atoms with Crippen LogP contribution in [0, 0.1) is 5.82 Å². The number of carboxylic acids is 1. The minimum atomic E-state index is -1.27. The zero-order valence-corrected chi connectivity index (χ0v) is 13.7. The number of carboxylic acid groups (broad SMARTS) is 1. The van der Waals surface area contributed by atoms with Gasteiger partial charge in [0.05, 0.1) is 11.5 Å². The van der Waals surface area contributed by atoms with Crippen molar-refractivity contribution in [3.05, 3.63) is 46.4 Å². The number of thioether (sulfide) groups is 1. The first-order chi connectivity index (χ1) is 11.4. The first-order valence-corrected chi connectivity index (χ1v) is 8.41. The van der Waals surface area contributed by atoms with Crippen LogP contribution >= 0.6 is 23.4 Å². The van der Waals surface area contributed by atoms with Gasteiger partial charge in [-0.2, -0.15) is 0 Å². The van der Waals surface area contributed by atoms with E-state index in [4.69, 9.17) is 11.6 Å². The molecule has 9 heteroatoms. The summed E-state index contributed by atoms with van der Waals surface area (Å²) in [6.07, 6.45) is 0.00380. The predicted molar refractivity (Wildman–Crippen MR) is 85.6 cm³/mol. The molecule has 0 spiro atoms. The minimum Gasteiger partial charge on any atom is -0.477 e. The lowest BCUT2D eigenvalue weighted by atomic mass is 10.0. The van der Waals surface area contributed by atoms with E-state index in [0.717, 1.165) is 4.90 Å². The number of β-lactam (4-membered cyclic amide) rings is 1. The third kappa shape index (κ3) is 2.99. The molecule has 2 heterocycles. The molecule has 2 N–H and O–H groups in total. The number of nitrogens with zero attached hydrogens (tertiary/aromatic N) is 1. The van der Waals surface area contributed by atoms with E-state index in [9.17, 15) is 23.9 Å². The van der Waals surface area contributed by atoms with Crippen LogP contribution in [0.3, 0.4) is 0 Å². The number of halogens is 2. The van der Waals surface area contributed by atoms with E-state index in [1.807, 2.05) is 0 Å². The van der Waals surface area contributed by atoms with Crippen LogP contribution in [-0.4, -0.2) is 45.0 Å². The number of aliphatic carboxylic acids is 1. The van der Waals surface area contributed by atoms with Crippen molar-refractivity contribution in [1.29, 1.82) is 0 Å². The monoisotopic (exact) mass is 370 g/mol. The van der Waals surface area contributed by atoms with Crippen molar-refractivity contribution in [2.75, 3.05) is 5.75 Å². The average molecular weight is 371 g/mol. The molecule has 6 nitrogen and oxygen atoms in total. The van der Waals surface area contributed by atoms with Crippen molar-refractivity contribution in [1.82, 2.24) is 10.2 Å². The van der Waals surface area contributed by atoms with E-state index in [2.05, 4.69) is 5.32 Å². The molecule has 2 aliphatic rings. The van der Waals surface area contributed by atoms with Crippen molar-refractivity contribution in [3.8, 4) is 0 Å². The molecule has 0 aromatic heterocycles. The molecule has 3 rings (SSSR count). The zero-order chi connectivity index (χ0) is 17.4. The maximum absolute atomic E-state index is 12.9. The highest BCUT2D eigenvalue weighted by atomic mass is 35.5. The smallest absolute Gasteiger partial charge is 0.353 e. The van der Waals surface area contributed by atoms with Gasteiger partial charge >= 0.3 is 5.97 Å². The number of nitrogens with one attached hydrogen (secondary N) is 1. The number of fused-ring (bicyclic) bond motifs is 1. The van der Waals surface area contributed by atoms with Crippen LogP contribution in [0.25, 0.3) is 0 Å². The van der Waals surface area contributed by atoms with Crippen LogP contribution < -0.4 is 5.32 Å². The Kier molecular flexibility index (Phi) is 4.51. The van der Waals surface area contributed by atoms with E-state index in [1.165, 1.54) is 36.0 Å². The van der Waals surface area contributed by atoms with Gasteiger partial charge in [-0.25, -0.2) is 9.18 Å². The maximum Gasteiger partial charge on any atom is 0.353 e. The lowest BCUT2D eigenvalue weighted by Crippen LogP contribution is -2.70. The molecule has 126 valence electrons. The Bertz CT molecular complexity index is 752. The van der Waals surface area contributed by atoms with Gasteiger partial charge in [-0.05, 0) is 17.7 Å². The van der Waals surface area contributed by atoms with Crippen molar-refractivity contribution >= 4 is 41.1 Å². The molecule has 0 aliphatic carbocycles. The zero-order valence-electron chi connectivity index (χ0n) is 12.2. The molecule has 1 aromatic rings. The number of hydrogen-bond donors (Lipinski definition) is 2. The Hall–Kier alpha value is -2.06. The molecule has 1 fully saturated rings. The topological polar surface area (TPSA) is 86.7 Å². The number of carbonyl (C=O) groups is 3. The summed E-state index contributed by atoms with van der Waals surface area (Å²) in [5.74, 6) is -2.29. The Labute approximate surface area is 145 Å². The van der Waals surface area contributed by atoms with Gasteiger partial charge in [0, 0.05) is 5.75 Å². The molecule has 1 saturated heterocycles. The van der Waals surface area contributed by atoms with Gasteiger partial charge in [-0.15, -0.1) is 11.8 Å². The van der Waals surface area contributed by atoms with Crippen LogP contribution in [0.5, 0.6) is 0 Å². The Morgan fingerprint density at radius 2 is 2.04 bits per heavy atom. The second-order valence-electron chi connectivity index (χ2n) is 5.32. The summed E-state index contributed by atoms with van der Waals surface area (Å²) in [6.45, 7) is 0. The van der Waals surface area contributed by atoms with Crippen LogP contribution in [0.1, 0.15) is 5.56 Å². The van der Waals surface area contributed by atoms with Gasteiger partial charge in [0.25, 0.3) is 5.91 Å². The molecule has 0 bridgehead atoms. The molecule has 2 amide bonds. The lowest BCUT2D eigenvalue weighted by Gasteiger charge is -2.48. The van der Waals surface area contributed by atoms with Crippen molar-refractivity contribution < 1.29 is 23.9 Å². The average Bonchev–Trinajstić information content (AvgIpc) is 2.54. The number of amides is 2. The third-order valence-electron chi connectivity index (χ3n) is 3.72. The number of carbonyl (C=O) groups excluding carboxylic acids is 2. The molecule has 0 radical (unpaired) electrons. The lowest BCUT2D eigenvalue weighted by molar-refractivity contribution is -0.150. The summed E-state index contributed by atoms with van der Waals surface area (Å²) in [4.78, 5) is 36.6. The highest BCUT2D eigenvalue weighted by molar-refractivity contribution is 8.00. The van der Waals surface area contributed by atoms with Crippen LogP contribution in [0.15, 0.2) is 35.0 Å². The summed E-state index contributed by atoms with van der Waals surface area (Å²) < 4.78 is 12.9. The SMILES string of the molecule is O=C(Cc1ccc(F)cc1)N[C@@H]1C(=O)N2C(C(=O)O)=C(Cl)CS[C@H]12. The third-order valence-corrected chi connectivity index (χ3v) is 5.47. The Morgan fingerprint density at radius 3 is 2.67 bits per heavy atom. The highest BCUT2D eigenvalue weighted by Gasteiger charge is 2.54. The summed E-state index contributed by atoms with van der Waals surface area (Å²) in [7, 11) is 0. The van der Waals surface area contributed by atoms with E-state index in [1.54, 1.807) is 0 Å². The summed E-state index contributed by atoms with van der Waals surface area (Å²) in [5, 5.41) is 11.4. The second-order valence-corrected chi connectivity index (χ2v) is 6.88. The van der Waals surface area contributed by atoms with Gasteiger partial charge in [0.2, 0.25) is 5.91 Å². The van der Waals surface area contributed by atoms with E-state index in [-0.39, 0.29) is 22.9 Å². The van der Waals surface area contributed by atoms with E-state index >= 15 is 0 Å². The molecule has 2 aliphatic heterocycles. The first kappa shape index (κ1) is 16.8. The Morgan fingerprint density at radius 1 is 1.38 bits per heavy atom. The van der Waals surface area contributed by atoms with Crippen LogP contribution in [-0.2, 0) is 20.8 Å². The van der Waals surface area contributed by atoms with Gasteiger partial charge in [-0.3, -0.25) is 14.5 Å². The summed E-state index contributed by atoms with van der Waals surface area (Å²) in [5.41, 5.74) is 0.387. The van der Waals surface area contributed by atoms with E-state index < -0.39 is 35.0 Å². The normalized spacial score (nSPS) is 22.8. The highest BCUT2D eigenvalue weighted by Crippen LogP contribution is 2.41. The maximum atomic E-state index is 12.9.